The first-order chi connectivity index (χ1) is 11.8. The van der Waals surface area contributed by atoms with Crippen LogP contribution in [0.15, 0.2) is 24.4 Å². The minimum absolute atomic E-state index is 0. The van der Waals surface area contributed by atoms with Crippen molar-refractivity contribution in [2.24, 2.45) is 0 Å². The van der Waals surface area contributed by atoms with E-state index in [1.807, 2.05) is 12.2 Å². The third-order valence-corrected chi connectivity index (χ3v) is 4.16. The predicted octanol–water partition coefficient (Wildman–Crippen LogP) is 1.88. The predicted molar refractivity (Wildman–Crippen MR) is 102 cm³/mol. The molecule has 25 heavy (non-hydrogen) atoms. The molecule has 0 radical (unpaired) electrons. The largest absolute Gasteiger partial charge is 1.00 e. The van der Waals surface area contributed by atoms with Gasteiger partial charge in [0.05, 0.1) is 0 Å². The molecule has 0 aromatic carbocycles. The summed E-state index contributed by atoms with van der Waals surface area (Å²) in [6, 6.07) is 0. The van der Waals surface area contributed by atoms with Crippen LogP contribution in [0.5, 0.6) is 0 Å². The van der Waals surface area contributed by atoms with Crippen molar-refractivity contribution in [3.63, 3.8) is 0 Å². The Morgan fingerprint density at radius 1 is 0.840 bits per heavy atom. The van der Waals surface area contributed by atoms with Crippen molar-refractivity contribution >= 4 is 5.97 Å². The Morgan fingerprint density at radius 2 is 1.36 bits per heavy atom. The number of hydrogen-bond donors (Lipinski definition) is 1. The van der Waals surface area contributed by atoms with Gasteiger partial charge in [0.15, 0.2) is 0 Å². The number of carbonyl (C=O) groups is 1. The van der Waals surface area contributed by atoms with Gasteiger partial charge in [-0.05, 0) is 25.1 Å². The van der Waals surface area contributed by atoms with E-state index in [-0.39, 0.29) is 36.0 Å². The van der Waals surface area contributed by atoms with E-state index in [0.29, 0.717) is 6.54 Å². The summed E-state index contributed by atoms with van der Waals surface area (Å²) >= 11 is 0. The third kappa shape index (κ3) is 26.1. The molecule has 0 aliphatic heterocycles. The van der Waals surface area contributed by atoms with Crippen LogP contribution >= 0.6 is 0 Å². The van der Waals surface area contributed by atoms with Crippen LogP contribution in [0.2, 0.25) is 0 Å². The van der Waals surface area contributed by atoms with Crippen molar-refractivity contribution < 1.29 is 39.5 Å². The van der Waals surface area contributed by atoms with Crippen LogP contribution < -0.4 is 40.0 Å². The van der Waals surface area contributed by atoms with Crippen molar-refractivity contribution in [1.29, 1.82) is 0 Å². The van der Waals surface area contributed by atoms with Crippen LogP contribution in [-0.4, -0.2) is 12.5 Å². The molecule has 0 bridgehead atoms. The summed E-state index contributed by atoms with van der Waals surface area (Å²) in [4.78, 5) is 10.2. The number of unbranched alkanes of at least 4 members (excludes halogenated alkanes) is 12. The summed E-state index contributed by atoms with van der Waals surface area (Å²) < 4.78 is 0. The average molecular weight is 360 g/mol. The molecule has 0 amide bonds. The van der Waals surface area contributed by atoms with E-state index in [4.69, 9.17) is 0 Å². The number of allylic oxidation sites excluding steroid dienone is 3. The van der Waals surface area contributed by atoms with Crippen molar-refractivity contribution in [2.45, 2.75) is 96.8 Å². The van der Waals surface area contributed by atoms with Crippen LogP contribution in [0.1, 0.15) is 96.8 Å². The molecule has 0 aliphatic carbocycles. The zero-order valence-corrected chi connectivity index (χ0v) is 18.7. The fourth-order valence-corrected chi connectivity index (χ4v) is 2.66. The van der Waals surface area contributed by atoms with Crippen LogP contribution in [-0.2, 0) is 4.79 Å². The Balaban J connectivity index is 0. The molecule has 3 nitrogen and oxygen atoms in total. The molecule has 0 aromatic rings. The molecule has 4 heteroatoms. The summed E-state index contributed by atoms with van der Waals surface area (Å²) in [6.45, 7) is 2.69. The number of aliphatic carboxylic acids is 1. The second-order valence-electron chi connectivity index (χ2n) is 6.54. The molecule has 0 heterocycles. The Hall–Kier alpha value is -0.250. The first-order valence-electron chi connectivity index (χ1n) is 10.0. The van der Waals surface area contributed by atoms with E-state index < -0.39 is 5.97 Å². The summed E-state index contributed by atoms with van der Waals surface area (Å²) in [7, 11) is 0. The number of carboxylic acids is 1. The molecular weight excluding hydrogens is 321 g/mol. The fourth-order valence-electron chi connectivity index (χ4n) is 2.66. The maximum Gasteiger partial charge on any atom is 1.00 e. The Bertz CT molecular complexity index is 330. The van der Waals surface area contributed by atoms with Gasteiger partial charge in [0.2, 0.25) is 0 Å². The first kappa shape index (κ1) is 27.0. The van der Waals surface area contributed by atoms with E-state index in [2.05, 4.69) is 18.3 Å². The maximum atomic E-state index is 10.2. The zero-order chi connectivity index (χ0) is 17.7. The van der Waals surface area contributed by atoms with Crippen LogP contribution in [0.25, 0.3) is 0 Å². The molecule has 0 saturated heterocycles. The summed E-state index contributed by atoms with van der Waals surface area (Å²) in [6.07, 6.45) is 25.7. The molecule has 0 atom stereocenters. The summed E-state index contributed by atoms with van der Waals surface area (Å²) in [5.41, 5.74) is 0. The van der Waals surface area contributed by atoms with Gasteiger partial charge in [-0.1, -0.05) is 89.7 Å². The SMILES string of the molecule is CCCCCCCCCCCCCCC=CC=CNCCC(=O)[O-].[Na+]. The average Bonchev–Trinajstić information content (AvgIpc) is 2.56. The third-order valence-electron chi connectivity index (χ3n) is 4.16. The van der Waals surface area contributed by atoms with Gasteiger partial charge >= 0.3 is 29.6 Å². The van der Waals surface area contributed by atoms with E-state index in [0.717, 1.165) is 6.42 Å². The number of carbonyl (C=O) groups excluding carboxylic acids is 1. The first-order valence-corrected chi connectivity index (χ1v) is 10.0. The number of rotatable bonds is 18. The van der Waals surface area contributed by atoms with Crippen molar-refractivity contribution in [3.8, 4) is 0 Å². The number of carboxylic acid groups (broad SMARTS) is 1. The van der Waals surface area contributed by atoms with Crippen molar-refractivity contribution in [1.82, 2.24) is 5.32 Å². The van der Waals surface area contributed by atoms with Gasteiger partial charge in [0.1, 0.15) is 0 Å². The zero-order valence-electron chi connectivity index (χ0n) is 16.7. The summed E-state index contributed by atoms with van der Waals surface area (Å²) in [5.74, 6) is -1.02. The van der Waals surface area contributed by atoms with Gasteiger partial charge < -0.3 is 15.2 Å². The standard InChI is InChI=1S/C21H39NO2.Na/c1-2-3-4-5-6-7-8-9-10-11-12-13-14-15-16-17-19-22-20-18-21(23)24;/h15-17,19,22H,2-14,18,20H2,1H3,(H,23,24);/q;+1/p-1. The molecule has 0 fully saturated rings. The minimum Gasteiger partial charge on any atom is -0.550 e. The Kier molecular flexibility index (Phi) is 25.6. The monoisotopic (exact) mass is 359 g/mol. The second kappa shape index (κ2) is 23.8. The van der Waals surface area contributed by atoms with Gasteiger partial charge in [-0.3, -0.25) is 0 Å². The van der Waals surface area contributed by atoms with Crippen LogP contribution in [0.3, 0.4) is 0 Å². The van der Waals surface area contributed by atoms with Gasteiger partial charge in [-0.15, -0.1) is 0 Å². The smallest absolute Gasteiger partial charge is 0.550 e. The van der Waals surface area contributed by atoms with Gasteiger partial charge in [0, 0.05) is 18.9 Å². The fraction of sp³-hybridized carbons (Fsp3) is 0.762. The van der Waals surface area contributed by atoms with E-state index in [1.54, 1.807) is 6.20 Å². The van der Waals surface area contributed by atoms with Gasteiger partial charge in [-0.25, -0.2) is 0 Å². The maximum absolute atomic E-state index is 10.2. The van der Waals surface area contributed by atoms with Crippen LogP contribution in [0.4, 0.5) is 0 Å². The molecule has 0 unspecified atom stereocenters. The molecule has 0 aromatic heterocycles. The molecular formula is C21H38NNaO2. The number of hydrogen-bond acceptors (Lipinski definition) is 3. The summed E-state index contributed by atoms with van der Waals surface area (Å²) in [5, 5.41) is 13.1. The molecule has 140 valence electrons. The molecule has 0 rings (SSSR count). The molecule has 0 aliphatic rings. The minimum atomic E-state index is -1.02. The van der Waals surface area contributed by atoms with E-state index in [9.17, 15) is 9.90 Å². The van der Waals surface area contributed by atoms with E-state index >= 15 is 0 Å². The van der Waals surface area contributed by atoms with Gasteiger partial charge in [0.25, 0.3) is 0 Å². The number of nitrogens with one attached hydrogen (secondary N) is 1. The van der Waals surface area contributed by atoms with Crippen molar-refractivity contribution in [3.05, 3.63) is 24.4 Å². The Labute approximate surface area is 178 Å². The second-order valence-corrected chi connectivity index (χ2v) is 6.54. The molecule has 1 N–H and O–H groups in total. The normalized spacial score (nSPS) is 11.1. The van der Waals surface area contributed by atoms with Gasteiger partial charge in [-0.2, -0.15) is 0 Å². The quantitative estimate of drug-likeness (QED) is 0.231. The Morgan fingerprint density at radius 3 is 1.88 bits per heavy atom. The van der Waals surface area contributed by atoms with Crippen molar-refractivity contribution in [2.75, 3.05) is 6.54 Å². The molecule has 0 saturated carbocycles. The van der Waals surface area contributed by atoms with E-state index in [1.165, 1.54) is 77.0 Å². The molecule has 0 spiro atoms. The topological polar surface area (TPSA) is 52.2 Å². The van der Waals surface area contributed by atoms with Crippen LogP contribution in [0, 0.1) is 0 Å².